The molecule has 0 unspecified atom stereocenters. The van der Waals surface area contributed by atoms with Crippen molar-refractivity contribution >= 4 is 27.4 Å². The molecule has 0 aliphatic carbocycles. The Labute approximate surface area is 127 Å². The number of hydrogen-bond donors (Lipinski definition) is 1. The first-order valence-electron chi connectivity index (χ1n) is 6.36. The van der Waals surface area contributed by atoms with Gasteiger partial charge in [0.2, 0.25) is 0 Å². The average molecular weight is 330 g/mol. The minimum Gasteiger partial charge on any atom is -0.362 e. The average Bonchev–Trinajstić information content (AvgIpc) is 2.43. The van der Waals surface area contributed by atoms with Crippen LogP contribution in [0.1, 0.15) is 21.5 Å². The first kappa shape index (κ1) is 14.5. The zero-order valence-electron chi connectivity index (χ0n) is 11.5. The first-order valence-corrected chi connectivity index (χ1v) is 7.16. The Hall–Kier alpha value is -1.87. The van der Waals surface area contributed by atoms with Crippen molar-refractivity contribution < 1.29 is 4.79 Å². The van der Waals surface area contributed by atoms with Crippen molar-refractivity contribution in [1.29, 1.82) is 0 Å². The number of anilines is 1. The lowest BCUT2D eigenvalue weighted by Gasteiger charge is -2.03. The monoisotopic (exact) mass is 329 g/mol. The number of nitrogens with one attached hydrogen (secondary N) is 1. The zero-order valence-corrected chi connectivity index (χ0v) is 13.1. The molecular weight excluding hydrogens is 314 g/mol. The fourth-order valence-electron chi connectivity index (χ4n) is 1.71. The largest absolute Gasteiger partial charge is 0.362 e. The summed E-state index contributed by atoms with van der Waals surface area (Å²) in [4.78, 5) is 11.9. The van der Waals surface area contributed by atoms with Crippen LogP contribution in [-0.2, 0) is 0 Å². The third-order valence-electron chi connectivity index (χ3n) is 2.99. The number of carbonyl (C=O) groups excluding carboxylic acids is 1. The van der Waals surface area contributed by atoms with Gasteiger partial charge in [0.1, 0.15) is 0 Å². The molecule has 0 fully saturated rings. The molecule has 0 spiro atoms. The Balaban J connectivity index is 2.00. The quantitative estimate of drug-likeness (QED) is 0.640. The molecule has 20 heavy (non-hydrogen) atoms. The van der Waals surface area contributed by atoms with E-state index in [9.17, 15) is 4.79 Å². The molecule has 0 heterocycles. The smallest absolute Gasteiger partial charge is 0.187 e. The van der Waals surface area contributed by atoms with Crippen molar-refractivity contribution in [3.63, 3.8) is 0 Å². The highest BCUT2D eigenvalue weighted by atomic mass is 79.9. The molecule has 0 aliphatic heterocycles. The molecule has 0 aromatic heterocycles. The van der Waals surface area contributed by atoms with E-state index < -0.39 is 0 Å². The normalized spacial score (nSPS) is 10.8. The van der Waals surface area contributed by atoms with E-state index in [4.69, 9.17) is 0 Å². The molecule has 2 rings (SSSR count). The predicted molar refractivity (Wildman–Crippen MR) is 87.2 cm³/mol. The minimum absolute atomic E-state index is 0.0105. The van der Waals surface area contributed by atoms with Crippen LogP contribution in [0.15, 0.2) is 59.2 Å². The standard InChI is InChI=1S/C17H16BrNO/c1-12-3-6-14(7-4-12)17(20)9-10-19-15-8-5-13(2)16(18)11-15/h3-11,19H,1-2H3/b10-9+. The number of ketones is 1. The highest BCUT2D eigenvalue weighted by Crippen LogP contribution is 2.20. The van der Waals surface area contributed by atoms with E-state index in [1.807, 2.05) is 56.3 Å². The maximum Gasteiger partial charge on any atom is 0.187 e. The lowest BCUT2D eigenvalue weighted by Crippen LogP contribution is -1.96. The van der Waals surface area contributed by atoms with Crippen molar-refractivity contribution in [3.05, 3.63) is 75.9 Å². The van der Waals surface area contributed by atoms with Crippen LogP contribution < -0.4 is 5.32 Å². The second-order valence-electron chi connectivity index (χ2n) is 4.67. The van der Waals surface area contributed by atoms with E-state index in [0.29, 0.717) is 5.56 Å². The number of carbonyl (C=O) groups is 1. The molecule has 2 nitrogen and oxygen atoms in total. The molecule has 1 N–H and O–H groups in total. The van der Waals surface area contributed by atoms with E-state index in [1.165, 1.54) is 5.56 Å². The summed E-state index contributed by atoms with van der Waals surface area (Å²) in [6, 6.07) is 13.5. The van der Waals surface area contributed by atoms with Gasteiger partial charge in [-0.25, -0.2) is 0 Å². The van der Waals surface area contributed by atoms with E-state index in [2.05, 4.69) is 21.2 Å². The number of aryl methyl sites for hydroxylation is 2. The maximum atomic E-state index is 11.9. The summed E-state index contributed by atoms with van der Waals surface area (Å²) in [7, 11) is 0. The van der Waals surface area contributed by atoms with Crippen molar-refractivity contribution in [2.45, 2.75) is 13.8 Å². The van der Waals surface area contributed by atoms with Gasteiger partial charge in [0.15, 0.2) is 5.78 Å². The van der Waals surface area contributed by atoms with Gasteiger partial charge in [0.25, 0.3) is 0 Å². The zero-order chi connectivity index (χ0) is 14.5. The van der Waals surface area contributed by atoms with Crippen molar-refractivity contribution in [1.82, 2.24) is 0 Å². The third kappa shape index (κ3) is 3.81. The SMILES string of the molecule is Cc1ccc(C(=O)/C=C/Nc2ccc(C)c(Br)c2)cc1. The number of hydrogen-bond acceptors (Lipinski definition) is 2. The van der Waals surface area contributed by atoms with Gasteiger partial charge in [0, 0.05) is 28.0 Å². The molecule has 0 atom stereocenters. The van der Waals surface area contributed by atoms with Crippen LogP contribution in [0.5, 0.6) is 0 Å². The van der Waals surface area contributed by atoms with Gasteiger partial charge >= 0.3 is 0 Å². The second kappa shape index (κ2) is 6.53. The van der Waals surface area contributed by atoms with Crippen molar-refractivity contribution in [2.75, 3.05) is 5.32 Å². The summed E-state index contributed by atoms with van der Waals surface area (Å²) in [5.41, 5.74) is 3.96. The molecule has 0 saturated heterocycles. The molecule has 0 saturated carbocycles. The Morgan fingerprint density at radius 2 is 1.80 bits per heavy atom. The van der Waals surface area contributed by atoms with Gasteiger partial charge in [-0.2, -0.15) is 0 Å². The number of benzene rings is 2. The lowest BCUT2D eigenvalue weighted by atomic mass is 10.1. The molecule has 0 radical (unpaired) electrons. The van der Waals surface area contributed by atoms with Gasteiger partial charge in [0.05, 0.1) is 0 Å². The van der Waals surface area contributed by atoms with Crippen molar-refractivity contribution in [2.24, 2.45) is 0 Å². The molecule has 0 amide bonds. The highest BCUT2D eigenvalue weighted by Gasteiger charge is 2.00. The number of allylic oxidation sites excluding steroid dienone is 1. The van der Waals surface area contributed by atoms with Crippen molar-refractivity contribution in [3.8, 4) is 0 Å². The Morgan fingerprint density at radius 3 is 2.45 bits per heavy atom. The minimum atomic E-state index is -0.0105. The summed E-state index contributed by atoms with van der Waals surface area (Å²) in [6.45, 7) is 4.03. The summed E-state index contributed by atoms with van der Waals surface area (Å²) in [6.07, 6.45) is 3.21. The van der Waals surface area contributed by atoms with E-state index in [0.717, 1.165) is 15.7 Å². The summed E-state index contributed by atoms with van der Waals surface area (Å²) >= 11 is 3.48. The number of halogens is 1. The molecule has 0 bridgehead atoms. The van der Waals surface area contributed by atoms with Crippen LogP contribution in [0.3, 0.4) is 0 Å². The summed E-state index contributed by atoms with van der Waals surface area (Å²) < 4.78 is 1.04. The third-order valence-corrected chi connectivity index (χ3v) is 3.85. The Morgan fingerprint density at radius 1 is 1.10 bits per heavy atom. The van der Waals surface area contributed by atoms with Gasteiger partial charge in [-0.3, -0.25) is 4.79 Å². The predicted octanol–water partition coefficient (Wildman–Crippen LogP) is 4.87. The summed E-state index contributed by atoms with van der Waals surface area (Å²) in [5.74, 6) is -0.0105. The van der Waals surface area contributed by atoms with E-state index in [1.54, 1.807) is 12.3 Å². The molecular formula is C17H16BrNO. The van der Waals surface area contributed by atoms with Gasteiger partial charge in [-0.15, -0.1) is 0 Å². The fraction of sp³-hybridized carbons (Fsp3) is 0.118. The van der Waals surface area contributed by atoms with Crippen LogP contribution in [0, 0.1) is 13.8 Å². The summed E-state index contributed by atoms with van der Waals surface area (Å²) in [5, 5.41) is 3.09. The van der Waals surface area contributed by atoms with Crippen LogP contribution in [0.2, 0.25) is 0 Å². The van der Waals surface area contributed by atoms with Crippen LogP contribution in [0.4, 0.5) is 5.69 Å². The second-order valence-corrected chi connectivity index (χ2v) is 5.53. The van der Waals surface area contributed by atoms with E-state index in [-0.39, 0.29) is 5.78 Å². The van der Waals surface area contributed by atoms with Gasteiger partial charge < -0.3 is 5.32 Å². The van der Waals surface area contributed by atoms with Gasteiger partial charge in [-0.1, -0.05) is 51.8 Å². The first-order chi connectivity index (χ1) is 9.56. The van der Waals surface area contributed by atoms with Crippen LogP contribution in [0.25, 0.3) is 0 Å². The fourth-order valence-corrected chi connectivity index (χ4v) is 2.09. The molecule has 3 heteroatoms. The van der Waals surface area contributed by atoms with Crippen LogP contribution >= 0.6 is 15.9 Å². The van der Waals surface area contributed by atoms with Gasteiger partial charge in [-0.05, 0) is 31.5 Å². The van der Waals surface area contributed by atoms with Crippen LogP contribution in [-0.4, -0.2) is 5.78 Å². The topological polar surface area (TPSA) is 29.1 Å². The molecule has 102 valence electrons. The highest BCUT2D eigenvalue weighted by molar-refractivity contribution is 9.10. The number of rotatable bonds is 4. The maximum absolute atomic E-state index is 11.9. The molecule has 2 aromatic carbocycles. The lowest BCUT2D eigenvalue weighted by molar-refractivity contribution is 0.104. The molecule has 2 aromatic rings. The molecule has 0 aliphatic rings. The Kier molecular flexibility index (Phi) is 4.74. The Bertz CT molecular complexity index is 645. The van der Waals surface area contributed by atoms with E-state index >= 15 is 0 Å².